The maximum absolute atomic E-state index is 5.72. The van der Waals surface area contributed by atoms with Crippen LogP contribution in [-0.4, -0.2) is 77.1 Å². The van der Waals surface area contributed by atoms with Crippen molar-refractivity contribution in [2.75, 3.05) is 66.2 Å². The second-order valence-corrected chi connectivity index (χ2v) is 7.55. The maximum atomic E-state index is 5.72. The monoisotopic (exact) mass is 376 g/mol. The molecule has 7 heteroatoms. The van der Waals surface area contributed by atoms with Crippen molar-refractivity contribution in [3.8, 4) is 11.5 Å². The Hall–Kier alpha value is -1.99. The van der Waals surface area contributed by atoms with Gasteiger partial charge in [0.25, 0.3) is 0 Å². The molecule has 1 fully saturated rings. The number of nitrogens with zero attached hydrogens (tertiary/aromatic N) is 2. The van der Waals surface area contributed by atoms with Gasteiger partial charge in [0.2, 0.25) is 0 Å². The molecule has 0 spiro atoms. The standard InChI is InChI=1S/C20H32N4O3/c1-20(2,16-4-5-17-18(14-16)27-13-12-26-17)15-23-19(21-3)22-6-7-24-8-10-25-11-9-24/h4-5,14H,6-13,15H2,1-3H3,(H2,21,22,23). The molecule has 27 heavy (non-hydrogen) atoms. The third-order valence-electron chi connectivity index (χ3n) is 5.07. The van der Waals surface area contributed by atoms with Crippen LogP contribution in [0.3, 0.4) is 0 Å². The normalized spacial score (nSPS) is 18.3. The fraction of sp³-hybridized carbons (Fsp3) is 0.650. The lowest BCUT2D eigenvalue weighted by atomic mass is 9.84. The zero-order chi connectivity index (χ0) is 19.1. The highest BCUT2D eigenvalue weighted by molar-refractivity contribution is 5.79. The molecule has 2 heterocycles. The van der Waals surface area contributed by atoms with Crippen LogP contribution in [0.1, 0.15) is 19.4 Å². The van der Waals surface area contributed by atoms with E-state index in [1.165, 1.54) is 5.56 Å². The van der Waals surface area contributed by atoms with Crippen LogP contribution in [0.5, 0.6) is 11.5 Å². The summed E-state index contributed by atoms with van der Waals surface area (Å²) in [6.45, 7) is 11.9. The minimum Gasteiger partial charge on any atom is -0.486 e. The molecular weight excluding hydrogens is 344 g/mol. The van der Waals surface area contributed by atoms with Crippen molar-refractivity contribution in [3.63, 3.8) is 0 Å². The first-order chi connectivity index (χ1) is 13.1. The Kier molecular flexibility index (Phi) is 6.79. The summed E-state index contributed by atoms with van der Waals surface area (Å²) >= 11 is 0. The number of morpholine rings is 1. The Morgan fingerprint density at radius 1 is 1.07 bits per heavy atom. The highest BCUT2D eigenvalue weighted by atomic mass is 16.6. The summed E-state index contributed by atoms with van der Waals surface area (Å²) in [7, 11) is 1.81. The van der Waals surface area contributed by atoms with Crippen LogP contribution in [0.15, 0.2) is 23.2 Å². The van der Waals surface area contributed by atoms with Crippen molar-refractivity contribution in [1.29, 1.82) is 0 Å². The van der Waals surface area contributed by atoms with E-state index in [1.807, 2.05) is 6.07 Å². The number of fused-ring (bicyclic) bond motifs is 1. The van der Waals surface area contributed by atoms with Crippen LogP contribution in [0.4, 0.5) is 0 Å². The highest BCUT2D eigenvalue weighted by Crippen LogP contribution is 2.34. The van der Waals surface area contributed by atoms with Crippen LogP contribution in [0.25, 0.3) is 0 Å². The molecule has 1 aromatic rings. The van der Waals surface area contributed by atoms with Crippen molar-refractivity contribution in [3.05, 3.63) is 23.8 Å². The molecule has 0 aromatic heterocycles. The summed E-state index contributed by atoms with van der Waals surface area (Å²) < 4.78 is 16.7. The summed E-state index contributed by atoms with van der Waals surface area (Å²) in [6.07, 6.45) is 0. The number of hydrogen-bond donors (Lipinski definition) is 2. The zero-order valence-electron chi connectivity index (χ0n) is 16.7. The first-order valence-electron chi connectivity index (χ1n) is 9.73. The SMILES string of the molecule is CN=C(NCCN1CCOCC1)NCC(C)(C)c1ccc2c(c1)OCCO2. The van der Waals surface area contributed by atoms with E-state index in [0.717, 1.165) is 63.4 Å². The number of nitrogens with one attached hydrogen (secondary N) is 2. The number of guanidine groups is 1. The molecule has 0 atom stereocenters. The van der Waals surface area contributed by atoms with E-state index in [4.69, 9.17) is 14.2 Å². The second kappa shape index (κ2) is 9.28. The smallest absolute Gasteiger partial charge is 0.191 e. The van der Waals surface area contributed by atoms with Crippen LogP contribution in [0, 0.1) is 0 Å². The van der Waals surface area contributed by atoms with Crippen LogP contribution in [-0.2, 0) is 10.2 Å². The van der Waals surface area contributed by atoms with Crippen LogP contribution < -0.4 is 20.1 Å². The Morgan fingerprint density at radius 3 is 2.56 bits per heavy atom. The summed E-state index contributed by atoms with van der Waals surface area (Å²) in [4.78, 5) is 6.75. The summed E-state index contributed by atoms with van der Waals surface area (Å²) in [5.41, 5.74) is 1.14. The average molecular weight is 377 g/mol. The van der Waals surface area contributed by atoms with Crippen molar-refractivity contribution in [1.82, 2.24) is 15.5 Å². The van der Waals surface area contributed by atoms with Crippen LogP contribution >= 0.6 is 0 Å². The van der Waals surface area contributed by atoms with E-state index in [-0.39, 0.29) is 5.41 Å². The van der Waals surface area contributed by atoms with E-state index in [2.05, 4.69) is 46.5 Å². The lowest BCUT2D eigenvalue weighted by Gasteiger charge is -2.29. The summed E-state index contributed by atoms with van der Waals surface area (Å²) in [5, 5.41) is 6.85. The Labute approximate surface area is 162 Å². The minimum absolute atomic E-state index is 0.0718. The molecule has 2 aliphatic heterocycles. The molecule has 7 nitrogen and oxygen atoms in total. The van der Waals surface area contributed by atoms with Gasteiger partial charge in [0, 0.05) is 45.2 Å². The predicted molar refractivity (Wildman–Crippen MR) is 107 cm³/mol. The molecule has 0 bridgehead atoms. The average Bonchev–Trinajstić information content (AvgIpc) is 2.71. The molecular formula is C20H32N4O3. The Balaban J connectivity index is 1.49. The van der Waals surface area contributed by atoms with Gasteiger partial charge in [0.1, 0.15) is 13.2 Å². The van der Waals surface area contributed by atoms with Gasteiger partial charge in [0.05, 0.1) is 13.2 Å². The van der Waals surface area contributed by atoms with Crippen LogP contribution in [0.2, 0.25) is 0 Å². The topological polar surface area (TPSA) is 67.4 Å². The van der Waals surface area contributed by atoms with E-state index in [9.17, 15) is 0 Å². The molecule has 0 unspecified atom stereocenters. The third-order valence-corrected chi connectivity index (χ3v) is 5.07. The fourth-order valence-corrected chi connectivity index (χ4v) is 3.25. The minimum atomic E-state index is -0.0718. The molecule has 2 aliphatic rings. The highest BCUT2D eigenvalue weighted by Gasteiger charge is 2.24. The van der Waals surface area contributed by atoms with Gasteiger partial charge in [-0.05, 0) is 17.7 Å². The van der Waals surface area contributed by atoms with Gasteiger partial charge < -0.3 is 24.8 Å². The van der Waals surface area contributed by atoms with Crippen molar-refractivity contribution >= 4 is 5.96 Å². The Morgan fingerprint density at radius 2 is 1.81 bits per heavy atom. The molecule has 0 saturated carbocycles. The molecule has 1 aromatic carbocycles. The predicted octanol–water partition coefficient (Wildman–Crippen LogP) is 1.23. The number of benzene rings is 1. The third kappa shape index (κ3) is 5.49. The molecule has 0 aliphatic carbocycles. The van der Waals surface area contributed by atoms with E-state index in [1.54, 1.807) is 7.05 Å². The molecule has 150 valence electrons. The quantitative estimate of drug-likeness (QED) is 0.575. The largest absolute Gasteiger partial charge is 0.486 e. The molecule has 0 amide bonds. The first-order valence-corrected chi connectivity index (χ1v) is 9.73. The molecule has 0 radical (unpaired) electrons. The van der Waals surface area contributed by atoms with Gasteiger partial charge in [-0.15, -0.1) is 0 Å². The lowest BCUT2D eigenvalue weighted by molar-refractivity contribution is 0.0389. The van der Waals surface area contributed by atoms with Gasteiger partial charge in [-0.3, -0.25) is 9.89 Å². The Bertz CT molecular complexity index is 642. The van der Waals surface area contributed by atoms with Crippen molar-refractivity contribution < 1.29 is 14.2 Å². The second-order valence-electron chi connectivity index (χ2n) is 7.55. The lowest BCUT2D eigenvalue weighted by Crippen LogP contribution is -2.46. The van der Waals surface area contributed by atoms with Crippen molar-refractivity contribution in [2.45, 2.75) is 19.3 Å². The fourth-order valence-electron chi connectivity index (χ4n) is 3.25. The number of hydrogen-bond acceptors (Lipinski definition) is 5. The number of ether oxygens (including phenoxy) is 3. The maximum Gasteiger partial charge on any atom is 0.191 e. The molecule has 3 rings (SSSR count). The summed E-state index contributed by atoms with van der Waals surface area (Å²) in [6, 6.07) is 6.20. The van der Waals surface area contributed by atoms with E-state index < -0.39 is 0 Å². The number of rotatable bonds is 6. The van der Waals surface area contributed by atoms with Gasteiger partial charge in [0.15, 0.2) is 17.5 Å². The zero-order valence-corrected chi connectivity index (χ0v) is 16.7. The summed E-state index contributed by atoms with van der Waals surface area (Å²) in [5.74, 6) is 2.49. The molecule has 2 N–H and O–H groups in total. The number of aliphatic imine (C=N–C) groups is 1. The van der Waals surface area contributed by atoms with E-state index in [0.29, 0.717) is 13.2 Å². The van der Waals surface area contributed by atoms with E-state index >= 15 is 0 Å². The van der Waals surface area contributed by atoms with Gasteiger partial charge in [-0.1, -0.05) is 19.9 Å². The first kappa shape index (κ1) is 19.8. The molecule has 1 saturated heterocycles. The van der Waals surface area contributed by atoms with Gasteiger partial charge in [-0.2, -0.15) is 0 Å². The van der Waals surface area contributed by atoms with Gasteiger partial charge in [-0.25, -0.2) is 0 Å². The van der Waals surface area contributed by atoms with Crippen molar-refractivity contribution in [2.24, 2.45) is 4.99 Å². The van der Waals surface area contributed by atoms with Gasteiger partial charge >= 0.3 is 0 Å².